The monoisotopic (exact) mass is 416 g/mol. The van der Waals surface area contributed by atoms with Crippen molar-refractivity contribution in [2.24, 2.45) is 0 Å². The quantitative estimate of drug-likeness (QED) is 0.498. The second-order valence-corrected chi connectivity index (χ2v) is 6.87. The highest BCUT2D eigenvalue weighted by molar-refractivity contribution is 5.89. The fraction of sp³-hybridized carbons (Fsp3) is 0.136. The van der Waals surface area contributed by atoms with E-state index >= 15 is 0 Å². The Morgan fingerprint density at radius 2 is 1.90 bits per heavy atom. The van der Waals surface area contributed by atoms with Gasteiger partial charge in [0, 0.05) is 30.0 Å². The van der Waals surface area contributed by atoms with Gasteiger partial charge < -0.3 is 10.6 Å². The van der Waals surface area contributed by atoms with Crippen LogP contribution in [-0.2, 0) is 13.1 Å². The Balaban J connectivity index is 1.34. The van der Waals surface area contributed by atoms with Crippen LogP contribution in [0.15, 0.2) is 82.8 Å². The van der Waals surface area contributed by atoms with Gasteiger partial charge in [-0.3, -0.25) is 9.36 Å². The minimum Gasteiger partial charge on any atom is -0.336 e. The van der Waals surface area contributed by atoms with Gasteiger partial charge in [-0.15, -0.1) is 0 Å². The van der Waals surface area contributed by atoms with Crippen LogP contribution in [0.1, 0.15) is 5.56 Å². The lowest BCUT2D eigenvalue weighted by Gasteiger charge is -2.10. The average Bonchev–Trinajstić information content (AvgIpc) is 2.77. The van der Waals surface area contributed by atoms with Crippen LogP contribution >= 0.6 is 0 Å². The summed E-state index contributed by atoms with van der Waals surface area (Å²) in [4.78, 5) is 40.2. The van der Waals surface area contributed by atoms with Gasteiger partial charge in [-0.05, 0) is 29.8 Å². The van der Waals surface area contributed by atoms with Gasteiger partial charge in [-0.25, -0.2) is 19.3 Å². The number of carbonyl (C=O) groups is 1. The Kier molecular flexibility index (Phi) is 5.84. The molecule has 2 aromatic heterocycles. The number of fused-ring (bicyclic) bond motifs is 1. The molecule has 0 atom stereocenters. The summed E-state index contributed by atoms with van der Waals surface area (Å²) in [5, 5.41) is 11.0. The van der Waals surface area contributed by atoms with Gasteiger partial charge in [0.25, 0.3) is 5.56 Å². The molecule has 0 unspecified atom stereocenters. The van der Waals surface area contributed by atoms with E-state index in [9.17, 15) is 14.4 Å². The lowest BCUT2D eigenvalue weighted by molar-refractivity contribution is 0.251. The first kappa shape index (κ1) is 20.0. The van der Waals surface area contributed by atoms with E-state index < -0.39 is 6.03 Å². The number of hydrogen-bond acceptors (Lipinski definition) is 5. The second kappa shape index (κ2) is 9.04. The van der Waals surface area contributed by atoms with Crippen molar-refractivity contribution in [3.05, 3.63) is 99.6 Å². The Labute approximate surface area is 177 Å². The van der Waals surface area contributed by atoms with Crippen LogP contribution in [0, 0.1) is 0 Å². The highest BCUT2D eigenvalue weighted by atomic mass is 16.2. The molecule has 2 amide bonds. The summed E-state index contributed by atoms with van der Waals surface area (Å²) in [7, 11) is 0. The zero-order valence-electron chi connectivity index (χ0n) is 16.6. The van der Waals surface area contributed by atoms with E-state index in [4.69, 9.17) is 0 Å². The predicted molar refractivity (Wildman–Crippen MR) is 117 cm³/mol. The second-order valence-electron chi connectivity index (χ2n) is 6.87. The van der Waals surface area contributed by atoms with Crippen LogP contribution in [0.5, 0.6) is 0 Å². The molecule has 0 saturated carbocycles. The molecule has 4 rings (SSSR count). The van der Waals surface area contributed by atoms with Gasteiger partial charge in [-0.2, -0.15) is 5.10 Å². The molecule has 0 aliphatic rings. The lowest BCUT2D eigenvalue weighted by Crippen LogP contribution is -2.34. The summed E-state index contributed by atoms with van der Waals surface area (Å²) in [6.45, 7) is 0.837. The molecule has 0 fully saturated rings. The van der Waals surface area contributed by atoms with E-state index in [0.29, 0.717) is 17.6 Å². The molecule has 0 spiro atoms. The number of urea groups is 1. The van der Waals surface area contributed by atoms with E-state index in [1.807, 2.05) is 18.2 Å². The van der Waals surface area contributed by atoms with Crippen LogP contribution in [0.3, 0.4) is 0 Å². The third kappa shape index (κ3) is 4.84. The van der Waals surface area contributed by atoms with Crippen LogP contribution in [0.2, 0.25) is 0 Å². The molecule has 0 bridgehead atoms. The third-order valence-corrected chi connectivity index (χ3v) is 4.69. The minimum atomic E-state index is -0.399. The average molecular weight is 416 g/mol. The number of nitrogens with zero attached hydrogens (tertiary/aromatic N) is 4. The van der Waals surface area contributed by atoms with Crippen molar-refractivity contribution in [2.45, 2.75) is 13.1 Å². The first-order valence-electron chi connectivity index (χ1n) is 9.70. The van der Waals surface area contributed by atoms with Crippen molar-refractivity contribution in [1.29, 1.82) is 0 Å². The number of hydrogen-bond donors (Lipinski definition) is 2. The Morgan fingerprint density at radius 3 is 2.77 bits per heavy atom. The summed E-state index contributed by atoms with van der Waals surface area (Å²) in [5.41, 5.74) is 0.905. The third-order valence-electron chi connectivity index (χ3n) is 4.69. The maximum Gasteiger partial charge on any atom is 0.347 e. The molecule has 4 aromatic rings. The minimum absolute atomic E-state index is 0.196. The molecule has 9 heteroatoms. The van der Waals surface area contributed by atoms with Crippen molar-refractivity contribution in [1.82, 2.24) is 24.6 Å². The zero-order chi connectivity index (χ0) is 21.6. The predicted octanol–water partition coefficient (Wildman–Crippen LogP) is 1.82. The molecule has 0 aliphatic heterocycles. The molecular formula is C22H20N6O3. The van der Waals surface area contributed by atoms with Crippen LogP contribution in [0.4, 0.5) is 10.5 Å². The number of aromatic nitrogens is 4. The molecule has 9 nitrogen and oxygen atoms in total. The Bertz CT molecular complexity index is 1340. The van der Waals surface area contributed by atoms with E-state index in [0.717, 1.165) is 10.9 Å². The number of carbonyl (C=O) groups excluding carboxylic acids is 1. The van der Waals surface area contributed by atoms with Gasteiger partial charge >= 0.3 is 11.7 Å². The number of nitrogens with one attached hydrogen (secondary N) is 2. The number of amides is 2. The standard InChI is InChI=1S/C22H20N6O3/c29-20-19-8-2-1-6-17(19)14-25-28(20)12-10-23-21(30)26-18-7-3-5-16(13-18)15-27-11-4-9-24-22(27)31/h1-9,11,13-14H,10,12,15H2,(H2,23,26,30). The Morgan fingerprint density at radius 1 is 1.03 bits per heavy atom. The smallest absolute Gasteiger partial charge is 0.336 e. The first-order chi connectivity index (χ1) is 15.1. The van der Waals surface area contributed by atoms with Gasteiger partial charge in [0.2, 0.25) is 0 Å². The van der Waals surface area contributed by atoms with E-state index in [1.54, 1.807) is 48.8 Å². The number of anilines is 1. The normalized spacial score (nSPS) is 10.7. The SMILES string of the molecule is O=C(NCCn1ncc2ccccc2c1=O)Nc1cccc(Cn2cccnc2=O)c1. The van der Waals surface area contributed by atoms with Crippen molar-refractivity contribution in [3.8, 4) is 0 Å². The zero-order valence-corrected chi connectivity index (χ0v) is 16.6. The summed E-state index contributed by atoms with van der Waals surface area (Å²) < 4.78 is 2.81. The topological polar surface area (TPSA) is 111 Å². The van der Waals surface area contributed by atoms with E-state index in [1.165, 1.54) is 15.4 Å². The number of benzene rings is 2. The maximum absolute atomic E-state index is 12.5. The van der Waals surface area contributed by atoms with Gasteiger partial charge in [0.1, 0.15) is 0 Å². The Hall–Kier alpha value is -4.27. The van der Waals surface area contributed by atoms with Gasteiger partial charge in [-0.1, -0.05) is 30.3 Å². The molecule has 2 aromatic carbocycles. The molecule has 2 heterocycles. The highest BCUT2D eigenvalue weighted by Crippen LogP contribution is 2.11. The van der Waals surface area contributed by atoms with Crippen molar-refractivity contribution in [2.75, 3.05) is 11.9 Å². The van der Waals surface area contributed by atoms with Gasteiger partial charge in [0.05, 0.1) is 24.7 Å². The molecular weight excluding hydrogens is 396 g/mol. The van der Waals surface area contributed by atoms with Crippen LogP contribution < -0.4 is 21.9 Å². The van der Waals surface area contributed by atoms with Crippen LogP contribution in [0.25, 0.3) is 10.8 Å². The van der Waals surface area contributed by atoms with E-state index in [2.05, 4.69) is 20.7 Å². The molecule has 0 aliphatic carbocycles. The molecule has 156 valence electrons. The molecule has 0 saturated heterocycles. The lowest BCUT2D eigenvalue weighted by atomic mass is 10.2. The van der Waals surface area contributed by atoms with Crippen molar-refractivity contribution in [3.63, 3.8) is 0 Å². The summed E-state index contributed by atoms with van der Waals surface area (Å²) in [6.07, 6.45) is 4.74. The number of rotatable bonds is 6. The van der Waals surface area contributed by atoms with Gasteiger partial charge in [0.15, 0.2) is 0 Å². The largest absolute Gasteiger partial charge is 0.347 e. The molecule has 0 radical (unpaired) electrons. The van der Waals surface area contributed by atoms with E-state index in [-0.39, 0.29) is 24.3 Å². The molecule has 31 heavy (non-hydrogen) atoms. The summed E-state index contributed by atoms with van der Waals surface area (Å²) >= 11 is 0. The summed E-state index contributed by atoms with van der Waals surface area (Å²) in [6, 6.07) is 15.7. The fourth-order valence-electron chi connectivity index (χ4n) is 3.19. The first-order valence-corrected chi connectivity index (χ1v) is 9.70. The van der Waals surface area contributed by atoms with Crippen molar-refractivity contribution >= 4 is 22.5 Å². The summed E-state index contributed by atoms with van der Waals surface area (Å²) in [5.74, 6) is 0. The van der Waals surface area contributed by atoms with Crippen molar-refractivity contribution < 1.29 is 4.79 Å². The highest BCUT2D eigenvalue weighted by Gasteiger charge is 2.06. The fourth-order valence-corrected chi connectivity index (χ4v) is 3.19. The maximum atomic E-state index is 12.5. The van der Waals surface area contributed by atoms with Crippen LogP contribution in [-0.4, -0.2) is 31.9 Å². The molecule has 2 N–H and O–H groups in total.